The lowest BCUT2D eigenvalue weighted by molar-refractivity contribution is 0.628. The van der Waals surface area contributed by atoms with E-state index in [4.69, 9.17) is 4.98 Å². The summed E-state index contributed by atoms with van der Waals surface area (Å²) in [5, 5.41) is 4.54. The van der Waals surface area contributed by atoms with Gasteiger partial charge in [0.15, 0.2) is 0 Å². The molecule has 6 rings (SSSR count). The lowest BCUT2D eigenvalue weighted by atomic mass is 9.88. The van der Waals surface area contributed by atoms with E-state index in [2.05, 4.69) is 82.0 Å². The summed E-state index contributed by atoms with van der Waals surface area (Å²) >= 11 is 0. The molecular weight excluding hydrogens is 471 g/mol. The molecule has 0 spiro atoms. The number of nitrogens with zero attached hydrogens (tertiary/aromatic N) is 2. The van der Waals surface area contributed by atoms with Gasteiger partial charge in [0.05, 0.1) is 5.69 Å². The van der Waals surface area contributed by atoms with E-state index < -0.39 is 0 Å². The summed E-state index contributed by atoms with van der Waals surface area (Å²) in [6.45, 7) is 0.774. The van der Waals surface area contributed by atoms with Gasteiger partial charge in [-0.25, -0.2) is 9.37 Å². The minimum atomic E-state index is -0.260. The molecule has 0 atom stereocenters. The molecule has 0 fully saturated rings. The quantitative estimate of drug-likeness (QED) is 0.223. The van der Waals surface area contributed by atoms with Gasteiger partial charge in [-0.1, -0.05) is 60.7 Å². The Morgan fingerprint density at radius 2 is 1.37 bits per heavy atom. The van der Waals surface area contributed by atoms with Gasteiger partial charge in [-0.3, -0.25) is 4.98 Å². The monoisotopic (exact) mass is 498 g/mol. The molecule has 3 aromatic heterocycles. The van der Waals surface area contributed by atoms with Crippen LogP contribution in [0.25, 0.3) is 33.4 Å². The number of fused-ring (bicyclic) bond motifs is 1. The first kappa shape index (κ1) is 23.6. The number of aromatic amines is 1. The second-order valence-corrected chi connectivity index (χ2v) is 9.30. The van der Waals surface area contributed by atoms with Crippen molar-refractivity contribution in [2.45, 2.75) is 12.3 Å². The van der Waals surface area contributed by atoms with Crippen molar-refractivity contribution >= 4 is 16.9 Å². The Bertz CT molecular complexity index is 1590. The molecule has 4 nitrogen and oxygen atoms in total. The third-order valence-corrected chi connectivity index (χ3v) is 6.90. The number of anilines is 1. The van der Waals surface area contributed by atoms with Gasteiger partial charge in [0.25, 0.3) is 0 Å². The second kappa shape index (κ2) is 10.7. The average Bonchev–Trinajstić information content (AvgIpc) is 3.36. The fourth-order valence-corrected chi connectivity index (χ4v) is 5.06. The molecule has 0 saturated heterocycles. The lowest BCUT2D eigenvalue weighted by Crippen LogP contribution is -2.10. The highest BCUT2D eigenvalue weighted by Gasteiger charge is 2.17. The van der Waals surface area contributed by atoms with Crippen LogP contribution in [0.15, 0.2) is 122 Å². The maximum Gasteiger partial charge on any atom is 0.140 e. The van der Waals surface area contributed by atoms with Crippen LogP contribution in [0.2, 0.25) is 0 Å². The molecule has 0 bridgehead atoms. The molecule has 0 unspecified atom stereocenters. The van der Waals surface area contributed by atoms with E-state index in [-0.39, 0.29) is 5.82 Å². The number of hydrogen-bond acceptors (Lipinski definition) is 3. The minimum absolute atomic E-state index is 0.260. The van der Waals surface area contributed by atoms with Crippen LogP contribution >= 0.6 is 0 Å². The van der Waals surface area contributed by atoms with E-state index in [1.165, 1.54) is 23.3 Å². The van der Waals surface area contributed by atoms with Gasteiger partial charge in [-0.2, -0.15) is 0 Å². The molecule has 5 heteroatoms. The number of H-pyrrole nitrogens is 1. The first-order chi connectivity index (χ1) is 18.8. The minimum Gasteiger partial charge on any atom is -0.370 e. The van der Waals surface area contributed by atoms with Crippen LogP contribution in [0.3, 0.4) is 0 Å². The Balaban J connectivity index is 1.29. The van der Waals surface area contributed by atoms with E-state index in [1.54, 1.807) is 24.5 Å². The van der Waals surface area contributed by atoms with Crippen molar-refractivity contribution in [3.63, 3.8) is 0 Å². The van der Waals surface area contributed by atoms with E-state index >= 15 is 0 Å². The summed E-state index contributed by atoms with van der Waals surface area (Å²) in [5.74, 6) is 0.845. The largest absolute Gasteiger partial charge is 0.370 e. The number of nitrogens with one attached hydrogen (secondary N) is 2. The standard InChI is InChI=1S/C33H27FN4/c34-27-13-11-26(12-14-27)32-31(25-17-20-35-21-18-25)29-15-16-30(37-33(29)38-32)36-22-19-28(23-7-3-1-4-8-23)24-9-5-2-6-10-24/h1-18,20-21,28H,19,22H2,(H2,36,37,38). The highest BCUT2D eigenvalue weighted by Crippen LogP contribution is 2.38. The maximum atomic E-state index is 13.6. The summed E-state index contributed by atoms with van der Waals surface area (Å²) in [6, 6.07) is 35.9. The molecule has 0 aliphatic heterocycles. The van der Waals surface area contributed by atoms with Crippen LogP contribution < -0.4 is 5.32 Å². The van der Waals surface area contributed by atoms with Gasteiger partial charge >= 0.3 is 0 Å². The van der Waals surface area contributed by atoms with Crippen molar-refractivity contribution in [2.24, 2.45) is 0 Å². The molecule has 3 heterocycles. The molecule has 0 aliphatic rings. The number of pyridine rings is 2. The van der Waals surface area contributed by atoms with E-state index in [1.807, 2.05) is 18.2 Å². The number of hydrogen-bond donors (Lipinski definition) is 2. The Hall–Kier alpha value is -4.77. The average molecular weight is 499 g/mol. The lowest BCUT2D eigenvalue weighted by Gasteiger charge is -2.18. The maximum absolute atomic E-state index is 13.6. The number of benzene rings is 3. The zero-order chi connectivity index (χ0) is 25.7. The van der Waals surface area contributed by atoms with Crippen LogP contribution in [-0.4, -0.2) is 21.5 Å². The summed E-state index contributed by atoms with van der Waals surface area (Å²) < 4.78 is 13.6. The SMILES string of the molecule is Fc1ccc(-c2[nH]c3nc(NCCC(c4ccccc4)c4ccccc4)ccc3c2-c2ccncc2)cc1. The third kappa shape index (κ3) is 4.91. The summed E-state index contributed by atoms with van der Waals surface area (Å²) in [6.07, 6.45) is 4.49. The first-order valence-electron chi connectivity index (χ1n) is 12.8. The van der Waals surface area contributed by atoms with Crippen LogP contribution in [-0.2, 0) is 0 Å². The Labute approximate surface area is 221 Å². The Morgan fingerprint density at radius 1 is 0.711 bits per heavy atom. The van der Waals surface area contributed by atoms with Crippen molar-refractivity contribution in [1.29, 1.82) is 0 Å². The van der Waals surface area contributed by atoms with E-state index in [0.717, 1.165) is 52.2 Å². The molecule has 0 amide bonds. The molecule has 3 aromatic carbocycles. The molecule has 6 aromatic rings. The number of aromatic nitrogens is 3. The van der Waals surface area contributed by atoms with Gasteiger partial charge in [-0.05, 0) is 77.2 Å². The van der Waals surface area contributed by atoms with Crippen molar-refractivity contribution in [1.82, 2.24) is 15.0 Å². The summed E-state index contributed by atoms with van der Waals surface area (Å²) in [7, 11) is 0. The molecule has 0 saturated carbocycles. The zero-order valence-electron chi connectivity index (χ0n) is 20.8. The molecule has 2 N–H and O–H groups in total. The Kier molecular flexibility index (Phi) is 6.64. The van der Waals surface area contributed by atoms with Gasteiger partial charge < -0.3 is 10.3 Å². The number of halogens is 1. The van der Waals surface area contributed by atoms with Crippen molar-refractivity contribution in [3.8, 4) is 22.4 Å². The van der Waals surface area contributed by atoms with Crippen LogP contribution in [0.5, 0.6) is 0 Å². The van der Waals surface area contributed by atoms with Crippen LogP contribution in [0.4, 0.5) is 10.2 Å². The Morgan fingerprint density at radius 3 is 2.03 bits per heavy atom. The topological polar surface area (TPSA) is 53.6 Å². The molecule has 0 aliphatic carbocycles. The van der Waals surface area contributed by atoms with Gasteiger partial charge in [-0.15, -0.1) is 0 Å². The third-order valence-electron chi connectivity index (χ3n) is 6.90. The van der Waals surface area contributed by atoms with E-state index in [9.17, 15) is 4.39 Å². The summed E-state index contributed by atoms with van der Waals surface area (Å²) in [5.41, 5.74) is 7.26. The van der Waals surface area contributed by atoms with Gasteiger partial charge in [0.2, 0.25) is 0 Å². The number of rotatable bonds is 8. The normalized spacial score (nSPS) is 11.2. The highest BCUT2D eigenvalue weighted by atomic mass is 19.1. The fourth-order valence-electron chi connectivity index (χ4n) is 5.06. The summed E-state index contributed by atoms with van der Waals surface area (Å²) in [4.78, 5) is 12.6. The van der Waals surface area contributed by atoms with Crippen molar-refractivity contribution in [3.05, 3.63) is 139 Å². The van der Waals surface area contributed by atoms with E-state index in [0.29, 0.717) is 5.92 Å². The molecule has 38 heavy (non-hydrogen) atoms. The second-order valence-electron chi connectivity index (χ2n) is 9.30. The zero-order valence-corrected chi connectivity index (χ0v) is 20.8. The molecular formula is C33H27FN4. The molecule has 186 valence electrons. The predicted molar refractivity (Wildman–Crippen MR) is 153 cm³/mol. The van der Waals surface area contributed by atoms with Crippen LogP contribution in [0, 0.1) is 5.82 Å². The van der Waals surface area contributed by atoms with Crippen LogP contribution in [0.1, 0.15) is 23.5 Å². The van der Waals surface area contributed by atoms with Gasteiger partial charge in [0, 0.05) is 35.8 Å². The smallest absolute Gasteiger partial charge is 0.140 e. The molecule has 0 radical (unpaired) electrons. The fraction of sp³-hybridized carbons (Fsp3) is 0.0909. The van der Waals surface area contributed by atoms with Gasteiger partial charge in [0.1, 0.15) is 17.3 Å². The van der Waals surface area contributed by atoms with Crippen molar-refractivity contribution < 1.29 is 4.39 Å². The highest BCUT2D eigenvalue weighted by molar-refractivity contribution is 6.02. The predicted octanol–water partition coefficient (Wildman–Crippen LogP) is 8.07. The van der Waals surface area contributed by atoms with Crippen molar-refractivity contribution in [2.75, 3.05) is 11.9 Å². The first-order valence-corrected chi connectivity index (χ1v) is 12.8.